The lowest BCUT2D eigenvalue weighted by molar-refractivity contribution is 0.0701. The molecule has 0 amide bonds. The summed E-state index contributed by atoms with van der Waals surface area (Å²) in [6.45, 7) is 2.07. The molecule has 1 fully saturated rings. The number of esters is 1. The number of nitrogens with one attached hydrogen (secondary N) is 1. The Hall–Kier alpha value is -3.54. The van der Waals surface area contributed by atoms with E-state index in [-0.39, 0.29) is 5.76 Å². The zero-order valence-electron chi connectivity index (χ0n) is 17.5. The number of hydrogen-bond donors (Lipinski definition) is 1. The Morgan fingerprint density at radius 2 is 1.94 bits per heavy atom. The maximum Gasteiger partial charge on any atom is 0.379 e. The van der Waals surface area contributed by atoms with E-state index in [0.29, 0.717) is 11.8 Å². The lowest BCUT2D eigenvalue weighted by Crippen LogP contribution is -2.23. The highest BCUT2D eigenvalue weighted by Crippen LogP contribution is 2.32. The number of nitrogens with zero attached hydrogens (tertiary/aromatic N) is 2. The summed E-state index contributed by atoms with van der Waals surface area (Å²) in [6, 6.07) is 15.3. The molecule has 1 N–H and O–H groups in total. The minimum Gasteiger partial charge on any atom is -0.457 e. The summed E-state index contributed by atoms with van der Waals surface area (Å²) in [6.07, 6.45) is 9.73. The topological polar surface area (TPSA) is 68.8 Å². The molecule has 0 bridgehead atoms. The van der Waals surface area contributed by atoms with Crippen LogP contribution in [0.3, 0.4) is 0 Å². The van der Waals surface area contributed by atoms with Gasteiger partial charge in [-0.1, -0.05) is 19.3 Å². The Bertz CT molecular complexity index is 1190. The molecule has 4 aromatic rings. The summed E-state index contributed by atoms with van der Waals surface area (Å²) in [7, 11) is 0. The number of aromatic nitrogens is 2. The second-order valence-electron chi connectivity index (χ2n) is 8.11. The minimum absolute atomic E-state index is 0.179. The minimum atomic E-state index is -0.513. The Morgan fingerprint density at radius 1 is 1.13 bits per heavy atom. The maximum absolute atomic E-state index is 12.1. The molecule has 6 nitrogen and oxygen atoms in total. The Morgan fingerprint density at radius 3 is 2.68 bits per heavy atom. The number of anilines is 1. The van der Waals surface area contributed by atoms with Crippen LogP contribution in [-0.2, 0) is 0 Å². The Labute approximate surface area is 180 Å². The number of benzene rings is 1. The van der Waals surface area contributed by atoms with Gasteiger partial charge in [0.15, 0.2) is 0 Å². The van der Waals surface area contributed by atoms with E-state index in [1.165, 1.54) is 43.9 Å². The van der Waals surface area contributed by atoms with Gasteiger partial charge in [-0.05, 0) is 73.9 Å². The molecule has 0 atom stereocenters. The molecule has 0 spiro atoms. The van der Waals surface area contributed by atoms with Crippen molar-refractivity contribution in [3.63, 3.8) is 0 Å². The fourth-order valence-corrected chi connectivity index (χ4v) is 4.16. The molecule has 1 aliphatic carbocycles. The van der Waals surface area contributed by atoms with Gasteiger partial charge in [0, 0.05) is 17.8 Å². The SMILES string of the molecule is Cc1ccn2c(NC3CCCCC3)c(-c3ccc(OC(=O)c4ccco4)cc3)nc2c1. The van der Waals surface area contributed by atoms with E-state index in [2.05, 4.69) is 35.0 Å². The van der Waals surface area contributed by atoms with Crippen LogP contribution in [0.15, 0.2) is 65.4 Å². The molecule has 0 aliphatic heterocycles. The van der Waals surface area contributed by atoms with Gasteiger partial charge < -0.3 is 14.5 Å². The fourth-order valence-electron chi connectivity index (χ4n) is 4.16. The third-order valence-electron chi connectivity index (χ3n) is 5.79. The van der Waals surface area contributed by atoms with Gasteiger partial charge >= 0.3 is 5.97 Å². The molecule has 0 unspecified atom stereocenters. The molecule has 5 rings (SSSR count). The first-order chi connectivity index (χ1) is 15.2. The zero-order chi connectivity index (χ0) is 21.2. The van der Waals surface area contributed by atoms with Crippen molar-refractivity contribution in [2.75, 3.05) is 5.32 Å². The van der Waals surface area contributed by atoms with Gasteiger partial charge in [0.1, 0.15) is 22.9 Å². The predicted octanol–water partition coefficient (Wildman–Crippen LogP) is 5.87. The highest BCUT2D eigenvalue weighted by Gasteiger charge is 2.20. The molecule has 6 heteroatoms. The summed E-state index contributed by atoms with van der Waals surface area (Å²) in [5.41, 5.74) is 3.97. The third kappa shape index (κ3) is 4.06. The predicted molar refractivity (Wildman–Crippen MR) is 120 cm³/mol. The zero-order valence-corrected chi connectivity index (χ0v) is 17.5. The van der Waals surface area contributed by atoms with E-state index in [1.807, 2.05) is 12.1 Å². The van der Waals surface area contributed by atoms with Crippen LogP contribution < -0.4 is 10.1 Å². The van der Waals surface area contributed by atoms with E-state index >= 15 is 0 Å². The number of hydrogen-bond acceptors (Lipinski definition) is 5. The summed E-state index contributed by atoms with van der Waals surface area (Å²) in [5.74, 6) is 1.15. The number of fused-ring (bicyclic) bond motifs is 1. The molecule has 0 saturated heterocycles. The van der Waals surface area contributed by atoms with Gasteiger partial charge in [0.25, 0.3) is 0 Å². The third-order valence-corrected chi connectivity index (χ3v) is 5.79. The second kappa shape index (κ2) is 8.30. The molecule has 1 aliphatic rings. The molecule has 31 heavy (non-hydrogen) atoms. The highest BCUT2D eigenvalue weighted by atomic mass is 16.5. The quantitative estimate of drug-likeness (QED) is 0.326. The van der Waals surface area contributed by atoms with E-state index in [9.17, 15) is 4.79 Å². The number of carbonyl (C=O) groups excluding carboxylic acids is 1. The van der Waals surface area contributed by atoms with Crippen LogP contribution in [0, 0.1) is 6.92 Å². The Kier molecular flexibility index (Phi) is 5.20. The summed E-state index contributed by atoms with van der Waals surface area (Å²) >= 11 is 0. The van der Waals surface area contributed by atoms with Gasteiger partial charge in [0.05, 0.1) is 6.26 Å². The molecular formula is C25H25N3O3. The van der Waals surface area contributed by atoms with Gasteiger partial charge in [0.2, 0.25) is 5.76 Å². The van der Waals surface area contributed by atoms with E-state index < -0.39 is 5.97 Å². The van der Waals surface area contributed by atoms with Crippen molar-refractivity contribution in [3.8, 4) is 17.0 Å². The van der Waals surface area contributed by atoms with Crippen LogP contribution in [0.4, 0.5) is 5.82 Å². The van der Waals surface area contributed by atoms with Crippen molar-refractivity contribution in [1.29, 1.82) is 0 Å². The van der Waals surface area contributed by atoms with Crippen LogP contribution in [0.5, 0.6) is 5.75 Å². The lowest BCUT2D eigenvalue weighted by atomic mass is 9.95. The van der Waals surface area contributed by atoms with E-state index in [1.54, 1.807) is 24.3 Å². The van der Waals surface area contributed by atoms with Crippen LogP contribution in [0.2, 0.25) is 0 Å². The average molecular weight is 415 g/mol. The number of pyridine rings is 1. The fraction of sp³-hybridized carbons (Fsp3) is 0.280. The number of imidazole rings is 1. The largest absolute Gasteiger partial charge is 0.457 e. The summed E-state index contributed by atoms with van der Waals surface area (Å²) in [5, 5.41) is 3.76. The monoisotopic (exact) mass is 415 g/mol. The van der Waals surface area contributed by atoms with Crippen LogP contribution >= 0.6 is 0 Å². The van der Waals surface area contributed by atoms with Crippen molar-refractivity contribution in [2.24, 2.45) is 0 Å². The number of ether oxygens (including phenoxy) is 1. The first kappa shape index (κ1) is 19.4. The highest BCUT2D eigenvalue weighted by molar-refractivity contribution is 5.88. The number of carbonyl (C=O) groups is 1. The Balaban J connectivity index is 1.45. The van der Waals surface area contributed by atoms with Crippen molar-refractivity contribution in [2.45, 2.75) is 45.1 Å². The smallest absolute Gasteiger partial charge is 0.379 e. The second-order valence-corrected chi connectivity index (χ2v) is 8.11. The maximum atomic E-state index is 12.1. The molecule has 1 saturated carbocycles. The average Bonchev–Trinajstić information content (AvgIpc) is 3.44. The number of rotatable bonds is 5. The summed E-state index contributed by atoms with van der Waals surface area (Å²) in [4.78, 5) is 17.0. The van der Waals surface area contributed by atoms with Gasteiger partial charge in [-0.25, -0.2) is 9.78 Å². The van der Waals surface area contributed by atoms with Crippen molar-refractivity contribution in [3.05, 3.63) is 72.3 Å². The number of furan rings is 1. The van der Waals surface area contributed by atoms with Crippen molar-refractivity contribution < 1.29 is 13.9 Å². The molecule has 3 aromatic heterocycles. The number of aryl methyl sites for hydroxylation is 1. The van der Waals surface area contributed by atoms with Gasteiger partial charge in [-0.15, -0.1) is 0 Å². The van der Waals surface area contributed by atoms with Crippen LogP contribution in [0.25, 0.3) is 16.9 Å². The molecule has 3 heterocycles. The molecule has 0 radical (unpaired) electrons. The van der Waals surface area contributed by atoms with E-state index in [4.69, 9.17) is 14.1 Å². The van der Waals surface area contributed by atoms with Crippen LogP contribution in [0.1, 0.15) is 48.2 Å². The van der Waals surface area contributed by atoms with E-state index in [0.717, 1.165) is 22.7 Å². The molecule has 158 valence electrons. The molecular weight excluding hydrogens is 390 g/mol. The summed E-state index contributed by atoms with van der Waals surface area (Å²) < 4.78 is 12.6. The van der Waals surface area contributed by atoms with Crippen LogP contribution in [-0.4, -0.2) is 21.4 Å². The lowest BCUT2D eigenvalue weighted by Gasteiger charge is -2.24. The van der Waals surface area contributed by atoms with Gasteiger partial charge in [-0.2, -0.15) is 0 Å². The standard InChI is InChI=1S/C25H25N3O3/c1-17-13-14-28-22(16-17)27-23(24(28)26-19-6-3-2-4-7-19)18-9-11-20(12-10-18)31-25(29)21-8-5-15-30-21/h5,8-16,19,26H,2-4,6-7H2,1H3. The van der Waals surface area contributed by atoms with Crippen molar-refractivity contribution in [1.82, 2.24) is 9.38 Å². The first-order valence-electron chi connectivity index (χ1n) is 10.8. The van der Waals surface area contributed by atoms with Gasteiger partial charge in [-0.3, -0.25) is 4.40 Å². The normalized spacial score (nSPS) is 14.6. The molecule has 1 aromatic carbocycles. The van der Waals surface area contributed by atoms with Crippen molar-refractivity contribution >= 4 is 17.4 Å². The first-order valence-corrected chi connectivity index (χ1v) is 10.8.